The second-order valence-electron chi connectivity index (χ2n) is 6.96. The highest BCUT2D eigenvalue weighted by Crippen LogP contribution is 2.40. The number of halogens is 2. The first-order valence-electron chi connectivity index (χ1n) is 9.11. The van der Waals surface area contributed by atoms with Gasteiger partial charge in [0.25, 0.3) is 0 Å². The van der Waals surface area contributed by atoms with Gasteiger partial charge in [0.05, 0.1) is 0 Å². The summed E-state index contributed by atoms with van der Waals surface area (Å²) >= 11 is 9.49. The maximum atomic E-state index is 12.8. The molecule has 0 saturated carbocycles. The molecular weight excluding hydrogens is 440 g/mol. The summed E-state index contributed by atoms with van der Waals surface area (Å²) in [6, 6.07) is 15.2. The number of benzene rings is 2. The molecule has 2 aromatic carbocycles. The second kappa shape index (κ2) is 6.87. The molecule has 140 valence electrons. The summed E-state index contributed by atoms with van der Waals surface area (Å²) in [4.78, 5) is 17.5. The second-order valence-corrected chi connectivity index (χ2v) is 8.31. The van der Waals surface area contributed by atoms with E-state index in [1.54, 1.807) is 0 Å². The number of ketones is 1. The number of anilines is 1. The lowest BCUT2D eigenvalue weighted by Crippen LogP contribution is -2.31. The zero-order valence-electron chi connectivity index (χ0n) is 14.8. The lowest BCUT2D eigenvalue weighted by molar-refractivity contribution is -0.116. The SMILES string of the molecule is O=C1CCCC2=C1C(c1ccc(Br)cc1)n1nc(-c3ccc(Cl)cc3)nc1N2. The normalized spacial score (nSPS) is 18.5. The molecule has 0 fully saturated rings. The number of hydrogen-bond acceptors (Lipinski definition) is 4. The zero-order chi connectivity index (χ0) is 19.3. The molecule has 1 atom stereocenters. The highest BCUT2D eigenvalue weighted by atomic mass is 79.9. The number of fused-ring (bicyclic) bond motifs is 1. The summed E-state index contributed by atoms with van der Waals surface area (Å²) in [6.07, 6.45) is 2.27. The van der Waals surface area contributed by atoms with Crippen molar-refractivity contribution in [2.75, 3.05) is 5.32 Å². The highest BCUT2D eigenvalue weighted by Gasteiger charge is 2.36. The van der Waals surface area contributed by atoms with Gasteiger partial charge >= 0.3 is 0 Å². The van der Waals surface area contributed by atoms with Crippen LogP contribution < -0.4 is 5.32 Å². The Morgan fingerprint density at radius 3 is 2.57 bits per heavy atom. The van der Waals surface area contributed by atoms with Crippen molar-refractivity contribution in [2.24, 2.45) is 0 Å². The standard InChI is InChI=1S/C21H16BrClN4O/c22-14-8-4-12(5-9-14)19-18-16(2-1-3-17(18)28)24-21-25-20(26-27(19)21)13-6-10-15(23)11-7-13/h4-11,19H,1-3H2,(H,24,25,26). The fourth-order valence-corrected chi connectivity index (χ4v) is 4.22. The van der Waals surface area contributed by atoms with E-state index in [0.717, 1.165) is 39.7 Å². The molecule has 0 bridgehead atoms. The van der Waals surface area contributed by atoms with Crippen molar-refractivity contribution in [3.05, 3.63) is 74.9 Å². The average molecular weight is 456 g/mol. The first-order chi connectivity index (χ1) is 13.6. The third-order valence-corrected chi connectivity index (χ3v) is 5.94. The third kappa shape index (κ3) is 2.97. The molecular formula is C21H16BrClN4O. The molecule has 0 spiro atoms. The number of rotatable bonds is 2. The van der Waals surface area contributed by atoms with E-state index in [4.69, 9.17) is 21.7 Å². The summed E-state index contributed by atoms with van der Waals surface area (Å²) in [5.41, 5.74) is 3.66. The van der Waals surface area contributed by atoms with Crippen LogP contribution >= 0.6 is 27.5 Å². The van der Waals surface area contributed by atoms with E-state index in [-0.39, 0.29) is 11.8 Å². The summed E-state index contributed by atoms with van der Waals surface area (Å²) in [7, 11) is 0. The summed E-state index contributed by atoms with van der Waals surface area (Å²) in [6.45, 7) is 0. The molecule has 0 radical (unpaired) electrons. The molecule has 5 nitrogen and oxygen atoms in total. The molecule has 1 aliphatic carbocycles. The zero-order valence-corrected chi connectivity index (χ0v) is 17.2. The van der Waals surface area contributed by atoms with Crippen LogP contribution in [0.3, 0.4) is 0 Å². The maximum Gasteiger partial charge on any atom is 0.226 e. The maximum absolute atomic E-state index is 12.8. The predicted octanol–water partition coefficient (Wildman–Crippen LogP) is 5.38. The van der Waals surface area contributed by atoms with Crippen molar-refractivity contribution in [1.82, 2.24) is 14.8 Å². The summed E-state index contributed by atoms with van der Waals surface area (Å²) in [5, 5.41) is 8.78. The van der Waals surface area contributed by atoms with Gasteiger partial charge in [-0.15, -0.1) is 5.10 Å². The van der Waals surface area contributed by atoms with Gasteiger partial charge in [0, 0.05) is 32.7 Å². The van der Waals surface area contributed by atoms with E-state index in [9.17, 15) is 4.79 Å². The van der Waals surface area contributed by atoms with Crippen molar-refractivity contribution in [3.63, 3.8) is 0 Å². The minimum atomic E-state index is -0.277. The van der Waals surface area contributed by atoms with Gasteiger partial charge in [-0.3, -0.25) is 4.79 Å². The van der Waals surface area contributed by atoms with Crippen LogP contribution in [0.2, 0.25) is 5.02 Å². The molecule has 1 N–H and O–H groups in total. The van der Waals surface area contributed by atoms with Crippen molar-refractivity contribution in [3.8, 4) is 11.4 Å². The van der Waals surface area contributed by atoms with E-state index < -0.39 is 0 Å². The Balaban J connectivity index is 1.66. The summed E-state index contributed by atoms with van der Waals surface area (Å²) in [5.74, 6) is 1.44. The van der Waals surface area contributed by atoms with Crippen LogP contribution in [0.1, 0.15) is 30.9 Å². The van der Waals surface area contributed by atoms with Crippen LogP contribution in [-0.4, -0.2) is 20.5 Å². The van der Waals surface area contributed by atoms with E-state index in [0.29, 0.717) is 23.2 Å². The van der Waals surface area contributed by atoms with Gasteiger partial charge in [0.1, 0.15) is 6.04 Å². The smallest absolute Gasteiger partial charge is 0.226 e. The number of nitrogens with zero attached hydrogens (tertiary/aromatic N) is 3. The van der Waals surface area contributed by atoms with Crippen LogP contribution in [0.5, 0.6) is 0 Å². The van der Waals surface area contributed by atoms with Gasteiger partial charge in [0.2, 0.25) is 5.95 Å². The third-order valence-electron chi connectivity index (χ3n) is 5.16. The highest BCUT2D eigenvalue weighted by molar-refractivity contribution is 9.10. The Bertz CT molecular complexity index is 1100. The Hall–Kier alpha value is -2.44. The van der Waals surface area contributed by atoms with Gasteiger partial charge in [0.15, 0.2) is 11.6 Å². The fourth-order valence-electron chi connectivity index (χ4n) is 3.83. The number of carbonyl (C=O) groups is 1. The van der Waals surface area contributed by atoms with Crippen LogP contribution in [0.4, 0.5) is 5.95 Å². The van der Waals surface area contributed by atoms with Gasteiger partial charge in [-0.1, -0.05) is 39.7 Å². The minimum Gasteiger partial charge on any atom is -0.328 e. The largest absolute Gasteiger partial charge is 0.328 e. The van der Waals surface area contributed by atoms with Crippen molar-refractivity contribution in [1.29, 1.82) is 0 Å². The average Bonchev–Trinajstić information content (AvgIpc) is 3.11. The number of aromatic nitrogens is 3. The van der Waals surface area contributed by atoms with Gasteiger partial charge in [-0.05, 0) is 54.8 Å². The lowest BCUT2D eigenvalue weighted by atomic mass is 9.85. The lowest BCUT2D eigenvalue weighted by Gasteiger charge is -2.32. The molecule has 0 amide bonds. The van der Waals surface area contributed by atoms with Gasteiger partial charge in [-0.25, -0.2) is 4.68 Å². The quantitative estimate of drug-likeness (QED) is 0.563. The number of carbonyl (C=O) groups excluding carboxylic acids is 1. The Kier molecular flexibility index (Phi) is 4.33. The van der Waals surface area contributed by atoms with Crippen molar-refractivity contribution >= 4 is 39.3 Å². The molecule has 5 rings (SSSR count). The number of hydrogen-bond donors (Lipinski definition) is 1. The van der Waals surface area contributed by atoms with Crippen LogP contribution in [-0.2, 0) is 4.79 Å². The van der Waals surface area contributed by atoms with E-state index in [2.05, 4.69) is 21.2 Å². The molecule has 1 aromatic heterocycles. The number of allylic oxidation sites excluding steroid dienone is 2. The first kappa shape index (κ1) is 17.6. The molecule has 1 aliphatic heterocycles. The van der Waals surface area contributed by atoms with Crippen molar-refractivity contribution in [2.45, 2.75) is 25.3 Å². The van der Waals surface area contributed by atoms with Crippen molar-refractivity contribution < 1.29 is 4.79 Å². The van der Waals surface area contributed by atoms with E-state index >= 15 is 0 Å². The fraction of sp³-hybridized carbons (Fsp3) is 0.190. The van der Waals surface area contributed by atoms with Crippen LogP contribution in [0.25, 0.3) is 11.4 Å². The Morgan fingerprint density at radius 2 is 1.82 bits per heavy atom. The topological polar surface area (TPSA) is 59.8 Å². The van der Waals surface area contributed by atoms with E-state index in [1.807, 2.05) is 53.2 Å². The molecule has 1 unspecified atom stereocenters. The van der Waals surface area contributed by atoms with Gasteiger partial charge < -0.3 is 5.32 Å². The van der Waals surface area contributed by atoms with Crippen LogP contribution in [0.15, 0.2) is 64.3 Å². The molecule has 28 heavy (non-hydrogen) atoms. The number of Topliss-reactive ketones (excluding diaryl/α,β-unsaturated/α-hetero) is 1. The minimum absolute atomic E-state index is 0.177. The molecule has 3 aromatic rings. The molecule has 2 aliphatic rings. The number of nitrogens with one attached hydrogen (secondary N) is 1. The summed E-state index contributed by atoms with van der Waals surface area (Å²) < 4.78 is 2.82. The van der Waals surface area contributed by atoms with E-state index in [1.165, 1.54) is 0 Å². The molecule has 2 heterocycles. The Morgan fingerprint density at radius 1 is 1.07 bits per heavy atom. The van der Waals surface area contributed by atoms with Crippen LogP contribution in [0, 0.1) is 0 Å². The Labute approximate surface area is 175 Å². The van der Waals surface area contributed by atoms with Gasteiger partial charge in [-0.2, -0.15) is 4.98 Å². The predicted molar refractivity (Wildman–Crippen MR) is 112 cm³/mol. The molecule has 0 saturated heterocycles. The first-order valence-corrected chi connectivity index (χ1v) is 10.3. The monoisotopic (exact) mass is 454 g/mol. The molecule has 7 heteroatoms.